The number of nitrogens with zero attached hydrogens (tertiary/aromatic N) is 3. The van der Waals surface area contributed by atoms with E-state index in [4.69, 9.17) is 0 Å². The summed E-state index contributed by atoms with van der Waals surface area (Å²) in [5, 5.41) is 0.629. The van der Waals surface area contributed by atoms with Crippen molar-refractivity contribution in [2.24, 2.45) is 0 Å². The van der Waals surface area contributed by atoms with Crippen LogP contribution in [0.5, 0.6) is 0 Å². The molecule has 0 spiro atoms. The third-order valence-electron chi connectivity index (χ3n) is 5.70. The van der Waals surface area contributed by atoms with Gasteiger partial charge >= 0.3 is 0 Å². The highest BCUT2D eigenvalue weighted by atomic mass is 32.2. The van der Waals surface area contributed by atoms with Gasteiger partial charge in [0.05, 0.1) is 22.3 Å². The van der Waals surface area contributed by atoms with E-state index >= 15 is 0 Å². The van der Waals surface area contributed by atoms with Crippen molar-refractivity contribution < 1.29 is 8.42 Å². The first-order valence-electron chi connectivity index (χ1n) is 10.3. The summed E-state index contributed by atoms with van der Waals surface area (Å²) in [7, 11) is -2.83. The fraction of sp³-hybridized carbons (Fsp3) is 0.120. The van der Waals surface area contributed by atoms with Crippen molar-refractivity contribution in [2.45, 2.75) is 19.9 Å². The Morgan fingerprint density at radius 3 is 2.28 bits per heavy atom. The first-order chi connectivity index (χ1) is 15.5. The highest BCUT2D eigenvalue weighted by Gasteiger charge is 2.20. The van der Waals surface area contributed by atoms with Gasteiger partial charge in [0.15, 0.2) is 0 Å². The van der Waals surface area contributed by atoms with Crippen LogP contribution in [0.2, 0.25) is 0 Å². The zero-order chi connectivity index (χ0) is 22.2. The Bertz CT molecular complexity index is 1480. The Morgan fingerprint density at radius 1 is 0.938 bits per heavy atom. The summed E-state index contributed by atoms with van der Waals surface area (Å²) in [6.07, 6.45) is 2.79. The number of anilines is 2. The zero-order valence-electron chi connectivity index (χ0n) is 17.4. The fourth-order valence-corrected chi connectivity index (χ4v) is 4.75. The normalized spacial score (nSPS) is 14.2. The second-order valence-electron chi connectivity index (χ2n) is 7.81. The fourth-order valence-electron chi connectivity index (χ4n) is 4.11. The van der Waals surface area contributed by atoms with Crippen LogP contribution < -0.4 is 9.86 Å². The van der Waals surface area contributed by atoms with Gasteiger partial charge in [0, 0.05) is 6.54 Å². The molecular formula is C25H21N3O3S. The average Bonchev–Trinajstić information content (AvgIpc) is 3.19. The number of hydrogen-bond donors (Lipinski definition) is 1. The van der Waals surface area contributed by atoms with Gasteiger partial charge in [-0.25, -0.2) is 12.7 Å². The Hall–Kier alpha value is -3.71. The van der Waals surface area contributed by atoms with E-state index in [1.54, 1.807) is 30.3 Å². The molecule has 6 nitrogen and oxygen atoms in total. The molecule has 0 saturated carbocycles. The maximum absolute atomic E-state index is 12.5. The molecule has 1 aliphatic heterocycles. The Labute approximate surface area is 187 Å². The SMILES string of the molecule is Cc1ccc(N(c2ccc(/C=C3\CCn4c3nc(=O)c3ccccc34)cc2)[SH](=O)=O)cc1. The number of fused-ring (bicyclic) bond motifs is 3. The maximum Gasteiger partial charge on any atom is 0.281 e. The van der Waals surface area contributed by atoms with Crippen LogP contribution in [0.4, 0.5) is 11.4 Å². The van der Waals surface area contributed by atoms with Gasteiger partial charge in [-0.3, -0.25) is 4.79 Å². The third-order valence-corrected chi connectivity index (χ3v) is 6.49. The zero-order valence-corrected chi connectivity index (χ0v) is 18.3. The minimum atomic E-state index is -2.83. The van der Waals surface area contributed by atoms with E-state index in [0.717, 1.165) is 35.2 Å². The lowest BCUT2D eigenvalue weighted by Crippen LogP contribution is -2.14. The molecule has 0 N–H and O–H groups in total. The van der Waals surface area contributed by atoms with Crippen LogP contribution in [0.1, 0.15) is 23.4 Å². The summed E-state index contributed by atoms with van der Waals surface area (Å²) >= 11 is 0. The molecule has 0 atom stereocenters. The predicted molar refractivity (Wildman–Crippen MR) is 129 cm³/mol. The van der Waals surface area contributed by atoms with Crippen LogP contribution in [0.3, 0.4) is 0 Å². The van der Waals surface area contributed by atoms with Crippen molar-refractivity contribution in [1.82, 2.24) is 9.55 Å². The van der Waals surface area contributed by atoms with Gasteiger partial charge in [0.25, 0.3) is 5.56 Å². The van der Waals surface area contributed by atoms with E-state index in [-0.39, 0.29) is 5.56 Å². The molecule has 160 valence electrons. The minimum Gasteiger partial charge on any atom is -0.325 e. The highest BCUT2D eigenvalue weighted by molar-refractivity contribution is 7.74. The van der Waals surface area contributed by atoms with E-state index in [1.165, 1.54) is 4.31 Å². The largest absolute Gasteiger partial charge is 0.325 e. The molecule has 0 aliphatic carbocycles. The summed E-state index contributed by atoms with van der Waals surface area (Å²) in [5.41, 5.74) is 4.82. The van der Waals surface area contributed by atoms with Crippen LogP contribution in [-0.4, -0.2) is 18.0 Å². The molecule has 1 aliphatic rings. The quantitative estimate of drug-likeness (QED) is 0.477. The van der Waals surface area contributed by atoms with Crippen molar-refractivity contribution in [3.63, 3.8) is 0 Å². The van der Waals surface area contributed by atoms with Crippen LogP contribution >= 0.6 is 0 Å². The summed E-state index contributed by atoms with van der Waals surface area (Å²) < 4.78 is 27.2. The molecule has 0 bridgehead atoms. The van der Waals surface area contributed by atoms with E-state index in [2.05, 4.69) is 9.55 Å². The summed E-state index contributed by atoms with van der Waals surface area (Å²) in [6, 6.07) is 22.2. The van der Waals surface area contributed by atoms with Crippen LogP contribution in [0.25, 0.3) is 22.6 Å². The molecule has 0 unspecified atom stereocenters. The minimum absolute atomic E-state index is 0.219. The van der Waals surface area contributed by atoms with E-state index in [1.807, 2.05) is 55.5 Å². The van der Waals surface area contributed by atoms with Crippen LogP contribution in [0.15, 0.2) is 77.6 Å². The van der Waals surface area contributed by atoms with Crippen molar-refractivity contribution in [3.05, 3.63) is 100 Å². The Balaban J connectivity index is 1.50. The summed E-state index contributed by atoms with van der Waals surface area (Å²) in [5.74, 6) is 0.696. The molecule has 32 heavy (non-hydrogen) atoms. The second kappa shape index (κ2) is 8.09. The highest BCUT2D eigenvalue weighted by Crippen LogP contribution is 2.31. The number of benzene rings is 3. The van der Waals surface area contributed by atoms with E-state index in [9.17, 15) is 13.2 Å². The topological polar surface area (TPSA) is 72.3 Å². The molecule has 0 amide bonds. The van der Waals surface area contributed by atoms with Gasteiger partial charge in [-0.2, -0.15) is 4.98 Å². The standard InChI is InChI=1S/C25H21N3O3S/c1-17-6-10-20(11-7-17)28(32(30)31)21-12-8-18(9-13-21)16-19-14-15-27-23-5-3-2-4-22(23)25(29)26-24(19)27/h2-13,16,32H,14-15H2,1H3/b19-16+. The van der Waals surface area contributed by atoms with Crippen molar-refractivity contribution in [2.75, 3.05) is 4.31 Å². The van der Waals surface area contributed by atoms with Crippen LogP contribution in [-0.2, 0) is 17.4 Å². The molecule has 7 heteroatoms. The average molecular weight is 444 g/mol. The lowest BCUT2D eigenvalue weighted by molar-refractivity contribution is 0.614. The maximum atomic E-state index is 12.5. The number of aromatic nitrogens is 2. The molecule has 1 aromatic heterocycles. The summed E-state index contributed by atoms with van der Waals surface area (Å²) in [6.45, 7) is 2.73. The number of rotatable bonds is 4. The van der Waals surface area contributed by atoms with Gasteiger partial charge in [-0.05, 0) is 67.0 Å². The van der Waals surface area contributed by atoms with Crippen molar-refractivity contribution >= 4 is 44.8 Å². The molecular weight excluding hydrogens is 422 g/mol. The molecule has 0 radical (unpaired) electrons. The molecule has 0 fully saturated rings. The smallest absolute Gasteiger partial charge is 0.281 e. The number of para-hydroxylation sites is 1. The van der Waals surface area contributed by atoms with Gasteiger partial charge in [0.2, 0.25) is 10.9 Å². The first kappa shape index (κ1) is 20.2. The van der Waals surface area contributed by atoms with Crippen molar-refractivity contribution in [3.8, 4) is 0 Å². The molecule has 2 heterocycles. The molecule has 4 aromatic rings. The number of hydrogen-bond acceptors (Lipinski definition) is 4. The third kappa shape index (κ3) is 3.61. The molecule has 5 rings (SSSR count). The van der Waals surface area contributed by atoms with Gasteiger partial charge in [-0.1, -0.05) is 42.0 Å². The lowest BCUT2D eigenvalue weighted by Gasteiger charge is -2.18. The second-order valence-corrected chi connectivity index (χ2v) is 8.68. The molecule has 3 aromatic carbocycles. The van der Waals surface area contributed by atoms with Gasteiger partial charge in [-0.15, -0.1) is 0 Å². The summed E-state index contributed by atoms with van der Waals surface area (Å²) in [4.78, 5) is 16.8. The number of thiol groups is 1. The van der Waals surface area contributed by atoms with Gasteiger partial charge < -0.3 is 4.57 Å². The van der Waals surface area contributed by atoms with E-state index < -0.39 is 10.9 Å². The monoisotopic (exact) mass is 443 g/mol. The van der Waals surface area contributed by atoms with Crippen molar-refractivity contribution in [1.29, 1.82) is 0 Å². The first-order valence-corrected chi connectivity index (χ1v) is 11.5. The lowest BCUT2D eigenvalue weighted by atomic mass is 10.1. The number of allylic oxidation sites excluding steroid dienone is 1. The van der Waals surface area contributed by atoms with E-state index in [0.29, 0.717) is 22.6 Å². The van der Waals surface area contributed by atoms with Crippen LogP contribution in [0, 0.1) is 6.92 Å². The predicted octanol–water partition coefficient (Wildman–Crippen LogP) is 4.31. The molecule has 0 saturated heterocycles. The van der Waals surface area contributed by atoms with Gasteiger partial charge in [0.1, 0.15) is 5.82 Å². The number of aryl methyl sites for hydroxylation is 2. The Morgan fingerprint density at radius 2 is 1.59 bits per heavy atom. The Kier molecular flexibility index (Phi) is 5.11.